The minimum Gasteiger partial charge on any atom is -0.497 e. The van der Waals surface area contributed by atoms with E-state index in [1.54, 1.807) is 13.2 Å². The highest BCUT2D eigenvalue weighted by Crippen LogP contribution is 2.21. The van der Waals surface area contributed by atoms with Gasteiger partial charge in [0.25, 0.3) is 0 Å². The fourth-order valence-corrected chi connectivity index (χ4v) is 1.71. The second-order valence-electron chi connectivity index (χ2n) is 3.94. The van der Waals surface area contributed by atoms with E-state index in [1.807, 2.05) is 31.2 Å². The summed E-state index contributed by atoms with van der Waals surface area (Å²) in [4.78, 5) is 0. The van der Waals surface area contributed by atoms with E-state index < -0.39 is 0 Å². The molecule has 2 heterocycles. The lowest BCUT2D eigenvalue weighted by Crippen LogP contribution is -1.99. The van der Waals surface area contributed by atoms with Crippen LogP contribution in [0.5, 0.6) is 5.75 Å². The Morgan fingerprint density at radius 1 is 1.21 bits per heavy atom. The van der Waals surface area contributed by atoms with Crippen LogP contribution in [0.4, 0.5) is 0 Å². The topological polar surface area (TPSA) is 78.9 Å². The van der Waals surface area contributed by atoms with Crippen LogP contribution in [0.3, 0.4) is 0 Å². The summed E-state index contributed by atoms with van der Waals surface area (Å²) >= 11 is 0. The van der Waals surface area contributed by atoms with Crippen molar-refractivity contribution in [2.75, 3.05) is 7.11 Å². The maximum absolute atomic E-state index is 5.12. The van der Waals surface area contributed by atoms with Crippen molar-refractivity contribution in [2.24, 2.45) is 0 Å². The zero-order valence-electron chi connectivity index (χ0n) is 10.4. The van der Waals surface area contributed by atoms with Crippen LogP contribution in [0.25, 0.3) is 17.2 Å². The van der Waals surface area contributed by atoms with Gasteiger partial charge in [-0.1, -0.05) is 5.16 Å². The Morgan fingerprint density at radius 3 is 2.63 bits per heavy atom. The maximum Gasteiger partial charge on any atom is 0.200 e. The summed E-state index contributed by atoms with van der Waals surface area (Å²) in [7, 11) is 1.62. The van der Waals surface area contributed by atoms with Crippen molar-refractivity contribution in [1.29, 1.82) is 0 Å². The first-order valence-corrected chi connectivity index (χ1v) is 5.64. The van der Waals surface area contributed by atoms with Crippen molar-refractivity contribution < 1.29 is 9.26 Å². The summed E-state index contributed by atoms with van der Waals surface area (Å²) in [5, 5.41) is 15.5. The van der Waals surface area contributed by atoms with E-state index in [0.29, 0.717) is 17.4 Å². The van der Waals surface area contributed by atoms with E-state index in [0.717, 1.165) is 11.3 Å². The van der Waals surface area contributed by atoms with E-state index >= 15 is 0 Å². The fraction of sp³-hybridized carbons (Fsp3) is 0.167. The van der Waals surface area contributed by atoms with Gasteiger partial charge in [-0.2, -0.15) is 4.68 Å². The molecule has 0 radical (unpaired) electrons. The van der Waals surface area contributed by atoms with E-state index in [2.05, 4.69) is 20.7 Å². The number of aryl methyl sites for hydroxylation is 1. The molecule has 0 saturated heterocycles. The van der Waals surface area contributed by atoms with E-state index in [1.165, 1.54) is 4.68 Å². The predicted octanol–water partition coefficient (Wildman–Crippen LogP) is 1.63. The molecule has 3 aromatic rings. The van der Waals surface area contributed by atoms with E-state index in [-0.39, 0.29) is 0 Å². The Kier molecular flexibility index (Phi) is 2.71. The van der Waals surface area contributed by atoms with Crippen LogP contribution in [-0.2, 0) is 0 Å². The standard InChI is InChI=1S/C12H11N5O2/c1-8-7-11(14-19-8)17-12(13-15-16-17)9-3-5-10(18-2)6-4-9/h3-7H,1-2H3. The number of hydrogen-bond acceptors (Lipinski definition) is 6. The summed E-state index contributed by atoms with van der Waals surface area (Å²) in [6.07, 6.45) is 0. The number of rotatable bonds is 3. The maximum atomic E-state index is 5.12. The summed E-state index contributed by atoms with van der Waals surface area (Å²) in [5.41, 5.74) is 0.867. The number of hydrogen-bond donors (Lipinski definition) is 0. The van der Waals surface area contributed by atoms with Crippen LogP contribution in [0.15, 0.2) is 34.9 Å². The first-order valence-electron chi connectivity index (χ1n) is 5.64. The van der Waals surface area contributed by atoms with Crippen molar-refractivity contribution in [3.05, 3.63) is 36.1 Å². The molecule has 0 N–H and O–H groups in total. The second-order valence-corrected chi connectivity index (χ2v) is 3.94. The molecule has 0 aliphatic heterocycles. The fourth-order valence-electron chi connectivity index (χ4n) is 1.71. The Bertz CT molecular complexity index is 686. The molecule has 0 amide bonds. The molecule has 96 valence electrons. The van der Waals surface area contributed by atoms with Gasteiger partial charge < -0.3 is 9.26 Å². The highest BCUT2D eigenvalue weighted by atomic mass is 16.5. The lowest BCUT2D eigenvalue weighted by Gasteiger charge is -2.02. The van der Waals surface area contributed by atoms with Crippen LogP contribution < -0.4 is 4.74 Å². The van der Waals surface area contributed by atoms with Gasteiger partial charge in [0.05, 0.1) is 7.11 Å². The first-order chi connectivity index (χ1) is 9.28. The molecule has 7 heteroatoms. The number of tetrazole rings is 1. The predicted molar refractivity (Wildman–Crippen MR) is 65.9 cm³/mol. The SMILES string of the molecule is COc1ccc(-c2nnnn2-c2cc(C)on2)cc1. The number of benzene rings is 1. The van der Waals surface area contributed by atoms with Gasteiger partial charge in [-0.3, -0.25) is 0 Å². The lowest BCUT2D eigenvalue weighted by atomic mass is 10.2. The molecule has 3 rings (SSSR count). The summed E-state index contributed by atoms with van der Waals surface area (Å²) in [5.74, 6) is 2.62. The van der Waals surface area contributed by atoms with Gasteiger partial charge in [-0.25, -0.2) is 0 Å². The Labute approximate surface area is 108 Å². The average molecular weight is 257 g/mol. The van der Waals surface area contributed by atoms with Gasteiger partial charge in [0, 0.05) is 11.6 Å². The molecule has 0 saturated carbocycles. The molecule has 19 heavy (non-hydrogen) atoms. The largest absolute Gasteiger partial charge is 0.497 e. The van der Waals surface area contributed by atoms with Crippen molar-refractivity contribution >= 4 is 0 Å². The molecule has 0 aliphatic rings. The van der Waals surface area contributed by atoms with Gasteiger partial charge >= 0.3 is 0 Å². The van der Waals surface area contributed by atoms with Crippen molar-refractivity contribution in [3.63, 3.8) is 0 Å². The van der Waals surface area contributed by atoms with E-state index in [4.69, 9.17) is 9.26 Å². The molecule has 1 aromatic carbocycles. The summed E-state index contributed by atoms with van der Waals surface area (Å²) in [6.45, 7) is 1.81. The van der Waals surface area contributed by atoms with Crippen LogP contribution in [0.1, 0.15) is 5.76 Å². The Morgan fingerprint density at radius 2 is 2.00 bits per heavy atom. The van der Waals surface area contributed by atoms with Gasteiger partial charge in [0.15, 0.2) is 5.82 Å². The molecule has 0 aliphatic carbocycles. The third-order valence-corrected chi connectivity index (χ3v) is 2.65. The van der Waals surface area contributed by atoms with Crippen LogP contribution in [-0.4, -0.2) is 32.5 Å². The van der Waals surface area contributed by atoms with Crippen LogP contribution in [0.2, 0.25) is 0 Å². The van der Waals surface area contributed by atoms with Gasteiger partial charge in [-0.15, -0.1) is 5.10 Å². The van der Waals surface area contributed by atoms with Crippen molar-refractivity contribution in [1.82, 2.24) is 25.4 Å². The summed E-state index contributed by atoms with van der Waals surface area (Å²) in [6, 6.07) is 9.23. The van der Waals surface area contributed by atoms with Crippen LogP contribution in [0, 0.1) is 6.92 Å². The zero-order valence-corrected chi connectivity index (χ0v) is 10.4. The van der Waals surface area contributed by atoms with Gasteiger partial charge in [0.2, 0.25) is 5.82 Å². The van der Waals surface area contributed by atoms with Gasteiger partial charge in [0.1, 0.15) is 11.5 Å². The minimum absolute atomic E-state index is 0.549. The molecule has 0 unspecified atom stereocenters. The minimum atomic E-state index is 0.549. The number of methoxy groups -OCH3 is 1. The van der Waals surface area contributed by atoms with Crippen molar-refractivity contribution in [3.8, 4) is 23.0 Å². The number of ether oxygens (including phenoxy) is 1. The molecule has 0 bridgehead atoms. The van der Waals surface area contributed by atoms with Gasteiger partial charge in [-0.05, 0) is 41.6 Å². The zero-order chi connectivity index (χ0) is 13.2. The molecule has 0 atom stereocenters. The summed E-state index contributed by atoms with van der Waals surface area (Å²) < 4.78 is 11.7. The quantitative estimate of drug-likeness (QED) is 0.709. The second kappa shape index (κ2) is 4.52. The third-order valence-electron chi connectivity index (χ3n) is 2.65. The Balaban J connectivity index is 2.03. The molecule has 0 fully saturated rings. The molecule has 7 nitrogen and oxygen atoms in total. The average Bonchev–Trinajstić information content (AvgIpc) is 3.07. The molecular weight excluding hydrogens is 246 g/mol. The molecular formula is C12H11N5O2. The Hall–Kier alpha value is -2.70. The normalized spacial score (nSPS) is 10.6. The first kappa shape index (κ1) is 11.4. The highest BCUT2D eigenvalue weighted by molar-refractivity contribution is 5.57. The number of nitrogens with zero attached hydrogens (tertiary/aromatic N) is 5. The molecule has 0 spiro atoms. The van der Waals surface area contributed by atoms with E-state index in [9.17, 15) is 0 Å². The number of aromatic nitrogens is 5. The smallest absolute Gasteiger partial charge is 0.200 e. The van der Waals surface area contributed by atoms with Crippen molar-refractivity contribution in [2.45, 2.75) is 6.92 Å². The third kappa shape index (κ3) is 2.05. The molecule has 2 aromatic heterocycles. The highest BCUT2D eigenvalue weighted by Gasteiger charge is 2.13. The monoisotopic (exact) mass is 257 g/mol. The van der Waals surface area contributed by atoms with Crippen LogP contribution >= 0.6 is 0 Å². The lowest BCUT2D eigenvalue weighted by molar-refractivity contribution is 0.393.